The molecular weight excluding hydrogens is 576 g/mol. The quantitative estimate of drug-likeness (QED) is 0.371. The average Bonchev–Trinajstić information content (AvgIpc) is 3.39. The van der Waals surface area contributed by atoms with E-state index in [1.54, 1.807) is 6.20 Å². The van der Waals surface area contributed by atoms with Gasteiger partial charge < -0.3 is 19.5 Å². The second-order valence-electron chi connectivity index (χ2n) is 12.6. The van der Waals surface area contributed by atoms with Gasteiger partial charge >= 0.3 is 6.01 Å². The van der Waals surface area contributed by atoms with E-state index >= 15 is 4.39 Å². The highest BCUT2D eigenvalue weighted by Crippen LogP contribution is 2.41. The van der Waals surface area contributed by atoms with E-state index in [0.29, 0.717) is 54.3 Å². The molecule has 1 unspecified atom stereocenters. The number of fused-ring (bicyclic) bond motifs is 7. The van der Waals surface area contributed by atoms with Crippen LogP contribution in [0.1, 0.15) is 63.4 Å². The maximum Gasteiger partial charge on any atom is 0.319 e. The molecule has 0 spiro atoms. The SMILES string of the molecule is Oc1cc(Cl)c2c(c1)-c1ncc3c(nc(OC[C@@]45CCCN4C[C@H](F)C5)nc3c1F)N1CCCCC(C1)OCCCCC2. The number of alkyl halides is 1. The lowest BCUT2D eigenvalue weighted by molar-refractivity contribution is 0.0515. The minimum Gasteiger partial charge on any atom is -0.508 e. The molecule has 11 heteroatoms. The first kappa shape index (κ1) is 28.9. The van der Waals surface area contributed by atoms with Gasteiger partial charge in [-0.3, -0.25) is 9.88 Å². The third-order valence-electron chi connectivity index (χ3n) is 9.66. The van der Waals surface area contributed by atoms with Crippen LogP contribution in [-0.2, 0) is 11.2 Å². The van der Waals surface area contributed by atoms with Crippen LogP contribution >= 0.6 is 11.6 Å². The molecule has 3 fully saturated rings. The molecule has 5 aliphatic rings. The minimum absolute atomic E-state index is 0.0333. The number of aromatic hydroxyl groups is 1. The van der Waals surface area contributed by atoms with Crippen LogP contribution in [0.25, 0.3) is 22.2 Å². The fourth-order valence-corrected chi connectivity index (χ4v) is 7.82. The van der Waals surface area contributed by atoms with Gasteiger partial charge in [-0.1, -0.05) is 18.0 Å². The molecule has 6 bridgehead atoms. The van der Waals surface area contributed by atoms with E-state index in [1.165, 1.54) is 12.1 Å². The molecule has 1 N–H and O–H groups in total. The molecular formula is C32H38ClF2N5O3. The van der Waals surface area contributed by atoms with Gasteiger partial charge in [-0.15, -0.1) is 0 Å². The van der Waals surface area contributed by atoms with Gasteiger partial charge in [-0.05, 0) is 75.6 Å². The molecule has 0 radical (unpaired) electrons. The summed E-state index contributed by atoms with van der Waals surface area (Å²) in [5, 5.41) is 11.3. The predicted molar refractivity (Wildman–Crippen MR) is 161 cm³/mol. The van der Waals surface area contributed by atoms with Crippen LogP contribution in [-0.4, -0.2) is 82.2 Å². The Morgan fingerprint density at radius 1 is 1.09 bits per heavy atom. The molecule has 43 heavy (non-hydrogen) atoms. The predicted octanol–water partition coefficient (Wildman–Crippen LogP) is 6.25. The number of nitrogens with zero attached hydrogens (tertiary/aromatic N) is 5. The Hall–Kier alpha value is -2.82. The van der Waals surface area contributed by atoms with Crippen LogP contribution in [0.3, 0.4) is 0 Å². The van der Waals surface area contributed by atoms with Crippen LogP contribution in [0.2, 0.25) is 5.02 Å². The Morgan fingerprint density at radius 2 is 2.00 bits per heavy atom. The van der Waals surface area contributed by atoms with Gasteiger partial charge in [0.1, 0.15) is 35.6 Å². The number of anilines is 1. The summed E-state index contributed by atoms with van der Waals surface area (Å²) in [5.41, 5.74) is 0.980. The molecule has 0 aliphatic carbocycles. The smallest absolute Gasteiger partial charge is 0.319 e. The van der Waals surface area contributed by atoms with Gasteiger partial charge in [-0.2, -0.15) is 9.97 Å². The lowest BCUT2D eigenvalue weighted by Gasteiger charge is -2.31. The van der Waals surface area contributed by atoms with Crippen molar-refractivity contribution < 1.29 is 23.4 Å². The van der Waals surface area contributed by atoms with E-state index in [4.69, 9.17) is 26.1 Å². The zero-order chi connectivity index (χ0) is 29.6. The van der Waals surface area contributed by atoms with Gasteiger partial charge in [0.25, 0.3) is 0 Å². The summed E-state index contributed by atoms with van der Waals surface area (Å²) in [6.07, 6.45) is 9.27. The van der Waals surface area contributed by atoms with Crippen LogP contribution in [0.15, 0.2) is 18.3 Å². The highest BCUT2D eigenvalue weighted by molar-refractivity contribution is 6.32. The molecule has 3 atom stereocenters. The van der Waals surface area contributed by atoms with Crippen molar-refractivity contribution in [2.75, 3.05) is 44.3 Å². The van der Waals surface area contributed by atoms with Gasteiger partial charge in [-0.25, -0.2) is 8.78 Å². The summed E-state index contributed by atoms with van der Waals surface area (Å²) >= 11 is 6.60. The zero-order valence-electron chi connectivity index (χ0n) is 24.3. The molecule has 0 saturated carbocycles. The number of pyridine rings is 1. The van der Waals surface area contributed by atoms with Crippen LogP contribution in [0.5, 0.6) is 11.8 Å². The lowest BCUT2D eigenvalue weighted by Crippen LogP contribution is -2.43. The third kappa shape index (κ3) is 5.62. The number of rotatable bonds is 3. The number of halogens is 3. The fourth-order valence-electron chi connectivity index (χ4n) is 7.51. The average molecular weight is 614 g/mol. The van der Waals surface area contributed by atoms with Gasteiger partial charge in [0.05, 0.1) is 17.0 Å². The lowest BCUT2D eigenvalue weighted by atomic mass is 9.95. The summed E-state index contributed by atoms with van der Waals surface area (Å²) in [4.78, 5) is 18.3. The summed E-state index contributed by atoms with van der Waals surface area (Å²) in [5.74, 6) is -0.113. The Morgan fingerprint density at radius 3 is 2.91 bits per heavy atom. The highest BCUT2D eigenvalue weighted by atomic mass is 35.5. The Kier molecular flexibility index (Phi) is 8.03. The van der Waals surface area contributed by atoms with E-state index in [2.05, 4.69) is 19.8 Å². The van der Waals surface area contributed by atoms with Crippen molar-refractivity contribution in [2.24, 2.45) is 0 Å². The number of hydrogen-bond acceptors (Lipinski definition) is 8. The number of phenolic OH excluding ortho intramolecular Hbond substituents is 1. The van der Waals surface area contributed by atoms with Crippen molar-refractivity contribution in [3.05, 3.63) is 34.7 Å². The molecule has 1 aromatic carbocycles. The second-order valence-corrected chi connectivity index (χ2v) is 13.0. The number of ether oxygens (including phenoxy) is 2. The van der Waals surface area contributed by atoms with E-state index < -0.39 is 12.0 Å². The summed E-state index contributed by atoms with van der Waals surface area (Å²) in [7, 11) is 0. The topological polar surface area (TPSA) is 83.8 Å². The standard InChI is InChI=1S/C32H38ClF2N5O3/c33-26-14-21(41)13-24-23(26)8-2-1-5-12-42-22-7-3-4-10-39(18-22)30-25-16-36-28(24)27(35)29(25)37-31(38-30)43-19-32-9-6-11-40(32)17-20(34)15-32/h13-14,16,20,22,41H,1-12,15,17-19H2/t20-,22?,32+/m1/s1. The maximum absolute atomic E-state index is 16.7. The number of phenols is 1. The normalized spacial score (nSPS) is 26.5. The van der Waals surface area contributed by atoms with Crippen LogP contribution in [0, 0.1) is 5.82 Å². The van der Waals surface area contributed by atoms with Gasteiger partial charge in [0, 0.05) is 49.4 Å². The Balaban J connectivity index is 1.36. The van der Waals surface area contributed by atoms with Crippen molar-refractivity contribution in [3.63, 3.8) is 0 Å². The molecule has 0 amide bonds. The van der Waals surface area contributed by atoms with E-state index in [0.717, 1.165) is 70.0 Å². The molecule has 8 nitrogen and oxygen atoms in total. The van der Waals surface area contributed by atoms with Crippen molar-refractivity contribution in [1.82, 2.24) is 19.9 Å². The maximum atomic E-state index is 16.7. The fraction of sp³-hybridized carbons (Fsp3) is 0.594. The first-order chi connectivity index (χ1) is 20.9. The van der Waals surface area contributed by atoms with Gasteiger partial charge in [0.15, 0.2) is 5.82 Å². The van der Waals surface area contributed by atoms with Gasteiger partial charge in [0.2, 0.25) is 0 Å². The Labute approximate surface area is 255 Å². The monoisotopic (exact) mass is 613 g/mol. The molecule has 5 aliphatic heterocycles. The molecule has 3 aromatic rings. The number of hydrogen-bond donors (Lipinski definition) is 1. The molecule has 7 heterocycles. The first-order valence-corrected chi connectivity index (χ1v) is 16.0. The summed E-state index contributed by atoms with van der Waals surface area (Å²) in [6.45, 7) is 3.54. The van der Waals surface area contributed by atoms with E-state index in [1.807, 2.05) is 0 Å². The molecule has 8 rings (SSSR count). The molecule has 2 aromatic heterocycles. The van der Waals surface area contributed by atoms with Crippen molar-refractivity contribution >= 4 is 28.3 Å². The van der Waals surface area contributed by atoms with Crippen molar-refractivity contribution in [1.29, 1.82) is 0 Å². The third-order valence-corrected chi connectivity index (χ3v) is 10.00. The number of aromatic nitrogens is 3. The van der Waals surface area contributed by atoms with E-state index in [-0.39, 0.29) is 41.2 Å². The van der Waals surface area contributed by atoms with E-state index in [9.17, 15) is 9.50 Å². The first-order valence-electron chi connectivity index (χ1n) is 15.7. The summed E-state index contributed by atoms with van der Waals surface area (Å²) < 4.78 is 43.7. The summed E-state index contributed by atoms with van der Waals surface area (Å²) in [6, 6.07) is 3.08. The second kappa shape index (κ2) is 11.9. The van der Waals surface area contributed by atoms with Crippen LogP contribution < -0.4 is 9.64 Å². The zero-order valence-corrected chi connectivity index (χ0v) is 25.1. The molecule has 3 saturated heterocycles. The molecule has 230 valence electrons. The number of benzene rings is 1. The van der Waals surface area contributed by atoms with Crippen LogP contribution in [0.4, 0.5) is 14.6 Å². The Bertz CT molecular complexity index is 1510. The van der Waals surface area contributed by atoms with Crippen molar-refractivity contribution in [3.8, 4) is 23.0 Å². The van der Waals surface area contributed by atoms with Crippen molar-refractivity contribution in [2.45, 2.75) is 82.0 Å². The largest absolute Gasteiger partial charge is 0.508 e. The highest BCUT2D eigenvalue weighted by Gasteiger charge is 2.49. The minimum atomic E-state index is -0.882.